The van der Waals surface area contributed by atoms with Crippen LogP contribution in [0.2, 0.25) is 0 Å². The van der Waals surface area contributed by atoms with E-state index in [1.54, 1.807) is 50.1 Å². The quantitative estimate of drug-likeness (QED) is 0.614. The first kappa shape index (κ1) is 19.7. The number of rotatable bonds is 7. The van der Waals surface area contributed by atoms with Gasteiger partial charge < -0.3 is 15.0 Å². The average molecular weight is 334 g/mol. The van der Waals surface area contributed by atoms with Crippen molar-refractivity contribution in [3.05, 3.63) is 29.8 Å². The van der Waals surface area contributed by atoms with Gasteiger partial charge in [0.25, 0.3) is 0 Å². The number of hydrogen-bond donors (Lipinski definition) is 1. The Morgan fingerprint density at radius 2 is 1.75 bits per heavy atom. The lowest BCUT2D eigenvalue weighted by Crippen LogP contribution is -2.46. The molecule has 0 aliphatic carbocycles. The number of amides is 2. The summed E-state index contributed by atoms with van der Waals surface area (Å²) in [6.45, 7) is 5.89. The highest BCUT2D eigenvalue weighted by molar-refractivity contribution is 6.09. The van der Waals surface area contributed by atoms with Crippen LogP contribution in [0.1, 0.15) is 44.0 Å². The van der Waals surface area contributed by atoms with Crippen LogP contribution < -0.4 is 5.32 Å². The highest BCUT2D eigenvalue weighted by atomic mass is 16.5. The maximum Gasteiger partial charge on any atom is 0.337 e. The van der Waals surface area contributed by atoms with Gasteiger partial charge in [-0.3, -0.25) is 9.59 Å². The van der Waals surface area contributed by atoms with Crippen molar-refractivity contribution in [2.45, 2.75) is 33.6 Å². The van der Waals surface area contributed by atoms with Gasteiger partial charge in [-0.25, -0.2) is 4.79 Å². The zero-order chi connectivity index (χ0) is 18.3. The third-order valence-electron chi connectivity index (χ3n) is 3.86. The number of unbranched alkanes of at least 4 members (excludes halogenated alkanes) is 1. The predicted octanol–water partition coefficient (Wildman–Crippen LogP) is 2.70. The molecule has 2 amide bonds. The van der Waals surface area contributed by atoms with E-state index in [1.807, 2.05) is 6.92 Å². The minimum atomic E-state index is -1.18. The van der Waals surface area contributed by atoms with E-state index >= 15 is 0 Å². The van der Waals surface area contributed by atoms with Gasteiger partial charge in [0.1, 0.15) is 5.41 Å². The van der Waals surface area contributed by atoms with E-state index in [2.05, 4.69) is 10.1 Å². The number of carbonyl (C=O) groups is 3. The summed E-state index contributed by atoms with van der Waals surface area (Å²) in [5, 5.41) is 2.72. The van der Waals surface area contributed by atoms with Crippen molar-refractivity contribution in [1.29, 1.82) is 0 Å². The Hall–Kier alpha value is -2.37. The van der Waals surface area contributed by atoms with Crippen LogP contribution in [0.5, 0.6) is 0 Å². The number of carbonyl (C=O) groups excluding carboxylic acids is 3. The number of anilines is 1. The van der Waals surface area contributed by atoms with Crippen molar-refractivity contribution < 1.29 is 19.1 Å². The standard InChI is InChI=1S/C18H26N2O4/c1-6-7-12-20(4)17(23)18(2,3)16(22)19-14-10-8-13(9-11-14)15(21)24-5/h8-11H,6-7,12H2,1-5H3,(H,19,22). The topological polar surface area (TPSA) is 75.7 Å². The second kappa shape index (κ2) is 8.47. The zero-order valence-electron chi connectivity index (χ0n) is 15.0. The molecule has 1 N–H and O–H groups in total. The van der Waals surface area contributed by atoms with Gasteiger partial charge in [0.15, 0.2) is 0 Å². The number of benzene rings is 1. The molecule has 0 aromatic heterocycles. The summed E-state index contributed by atoms with van der Waals surface area (Å²) >= 11 is 0. The molecule has 0 bridgehead atoms. The second-order valence-corrected chi connectivity index (χ2v) is 6.23. The lowest BCUT2D eigenvalue weighted by molar-refractivity contribution is -0.145. The maximum atomic E-state index is 12.5. The van der Waals surface area contributed by atoms with Gasteiger partial charge >= 0.3 is 5.97 Å². The minimum Gasteiger partial charge on any atom is -0.465 e. The van der Waals surface area contributed by atoms with Gasteiger partial charge in [0, 0.05) is 19.3 Å². The van der Waals surface area contributed by atoms with Gasteiger partial charge in [0.2, 0.25) is 11.8 Å². The highest BCUT2D eigenvalue weighted by Crippen LogP contribution is 2.22. The summed E-state index contributed by atoms with van der Waals surface area (Å²) in [6, 6.07) is 6.32. The largest absolute Gasteiger partial charge is 0.465 e. The third-order valence-corrected chi connectivity index (χ3v) is 3.86. The molecular weight excluding hydrogens is 308 g/mol. The van der Waals surface area contributed by atoms with Crippen LogP contribution in [0.25, 0.3) is 0 Å². The van der Waals surface area contributed by atoms with Crippen LogP contribution in [-0.4, -0.2) is 43.4 Å². The van der Waals surface area contributed by atoms with E-state index in [1.165, 1.54) is 7.11 Å². The number of nitrogens with one attached hydrogen (secondary N) is 1. The minimum absolute atomic E-state index is 0.223. The normalized spacial score (nSPS) is 10.9. The Morgan fingerprint density at radius 3 is 2.25 bits per heavy atom. The molecule has 1 aromatic carbocycles. The first-order valence-electron chi connectivity index (χ1n) is 7.99. The van der Waals surface area contributed by atoms with Crippen molar-refractivity contribution in [2.75, 3.05) is 26.0 Å². The molecule has 6 nitrogen and oxygen atoms in total. The molecule has 132 valence electrons. The lowest BCUT2D eigenvalue weighted by atomic mass is 9.90. The maximum absolute atomic E-state index is 12.5. The van der Waals surface area contributed by atoms with Crippen LogP contribution in [0.4, 0.5) is 5.69 Å². The summed E-state index contributed by atoms with van der Waals surface area (Å²) in [6.07, 6.45) is 1.88. The van der Waals surface area contributed by atoms with E-state index in [9.17, 15) is 14.4 Å². The van der Waals surface area contributed by atoms with Crippen molar-refractivity contribution in [3.8, 4) is 0 Å². The lowest BCUT2D eigenvalue weighted by Gasteiger charge is -2.28. The summed E-state index contributed by atoms with van der Waals surface area (Å²) in [5.41, 5.74) is -0.265. The monoisotopic (exact) mass is 334 g/mol. The molecule has 0 atom stereocenters. The number of methoxy groups -OCH3 is 1. The Labute approximate surface area is 143 Å². The molecule has 0 unspecified atom stereocenters. The van der Waals surface area contributed by atoms with Crippen molar-refractivity contribution in [2.24, 2.45) is 5.41 Å². The molecule has 0 radical (unpaired) electrons. The van der Waals surface area contributed by atoms with Crippen LogP contribution >= 0.6 is 0 Å². The molecule has 6 heteroatoms. The van der Waals surface area contributed by atoms with E-state index < -0.39 is 11.4 Å². The molecule has 0 saturated carbocycles. The van der Waals surface area contributed by atoms with Crippen molar-refractivity contribution in [3.63, 3.8) is 0 Å². The van der Waals surface area contributed by atoms with Crippen LogP contribution in [-0.2, 0) is 14.3 Å². The zero-order valence-corrected chi connectivity index (χ0v) is 15.0. The summed E-state index contributed by atoms with van der Waals surface area (Å²) in [4.78, 5) is 38.0. The average Bonchev–Trinajstić information content (AvgIpc) is 2.58. The summed E-state index contributed by atoms with van der Waals surface area (Å²) < 4.78 is 4.63. The van der Waals surface area contributed by atoms with Gasteiger partial charge in [-0.05, 0) is 44.5 Å². The molecule has 0 aliphatic rings. The number of hydrogen-bond acceptors (Lipinski definition) is 4. The summed E-state index contributed by atoms with van der Waals surface area (Å²) in [7, 11) is 3.01. The third kappa shape index (κ3) is 4.81. The van der Waals surface area contributed by atoms with E-state index in [0.717, 1.165) is 12.8 Å². The molecule has 0 fully saturated rings. The van der Waals surface area contributed by atoms with E-state index in [-0.39, 0.29) is 11.8 Å². The van der Waals surface area contributed by atoms with E-state index in [0.29, 0.717) is 17.8 Å². The molecule has 1 rings (SSSR count). The molecular formula is C18H26N2O4. The van der Waals surface area contributed by atoms with Crippen LogP contribution in [0.15, 0.2) is 24.3 Å². The van der Waals surface area contributed by atoms with Gasteiger partial charge in [-0.1, -0.05) is 13.3 Å². The SMILES string of the molecule is CCCCN(C)C(=O)C(C)(C)C(=O)Nc1ccc(C(=O)OC)cc1. The Kier molecular flexibility index (Phi) is 6.95. The molecule has 0 heterocycles. The molecule has 24 heavy (non-hydrogen) atoms. The summed E-state index contributed by atoms with van der Waals surface area (Å²) in [5.74, 6) is -1.05. The fourth-order valence-corrected chi connectivity index (χ4v) is 2.17. The predicted molar refractivity (Wildman–Crippen MR) is 92.7 cm³/mol. The Bertz CT molecular complexity index is 594. The first-order valence-corrected chi connectivity index (χ1v) is 7.99. The van der Waals surface area contributed by atoms with Crippen LogP contribution in [0.3, 0.4) is 0 Å². The van der Waals surface area contributed by atoms with E-state index in [4.69, 9.17) is 0 Å². The smallest absolute Gasteiger partial charge is 0.337 e. The molecule has 0 saturated heterocycles. The fourth-order valence-electron chi connectivity index (χ4n) is 2.17. The molecule has 0 aliphatic heterocycles. The number of ether oxygens (including phenoxy) is 1. The Balaban J connectivity index is 2.78. The Morgan fingerprint density at radius 1 is 1.17 bits per heavy atom. The first-order chi connectivity index (χ1) is 11.2. The van der Waals surface area contributed by atoms with Crippen molar-refractivity contribution in [1.82, 2.24) is 4.90 Å². The number of esters is 1. The molecule has 1 aromatic rings. The van der Waals surface area contributed by atoms with Gasteiger partial charge in [0.05, 0.1) is 12.7 Å². The number of nitrogens with zero attached hydrogens (tertiary/aromatic N) is 1. The van der Waals surface area contributed by atoms with Gasteiger partial charge in [-0.2, -0.15) is 0 Å². The second-order valence-electron chi connectivity index (χ2n) is 6.23. The van der Waals surface area contributed by atoms with Crippen molar-refractivity contribution >= 4 is 23.5 Å². The molecule has 0 spiro atoms. The van der Waals surface area contributed by atoms with Gasteiger partial charge in [-0.15, -0.1) is 0 Å². The van der Waals surface area contributed by atoms with Crippen LogP contribution in [0, 0.1) is 5.41 Å². The highest BCUT2D eigenvalue weighted by Gasteiger charge is 2.38. The fraction of sp³-hybridized carbons (Fsp3) is 0.500.